The van der Waals surface area contributed by atoms with Gasteiger partial charge in [0.1, 0.15) is 5.82 Å². The minimum atomic E-state index is -0.108. The van der Waals surface area contributed by atoms with E-state index in [9.17, 15) is 4.39 Å². The molecule has 6 heteroatoms. The zero-order chi connectivity index (χ0) is 16.2. The van der Waals surface area contributed by atoms with Gasteiger partial charge in [-0.25, -0.2) is 4.39 Å². The molecule has 1 fully saturated rings. The number of thiophene rings is 1. The van der Waals surface area contributed by atoms with Crippen LogP contribution in [0.4, 0.5) is 4.39 Å². The lowest BCUT2D eigenvalue weighted by Crippen LogP contribution is -2.41. The summed E-state index contributed by atoms with van der Waals surface area (Å²) in [6.45, 7) is 0.914. The van der Waals surface area contributed by atoms with E-state index in [1.807, 2.05) is 19.2 Å². The lowest BCUT2D eigenvalue weighted by atomic mass is 10.1. The number of benzene rings is 1. The average Bonchev–Trinajstić information content (AvgIpc) is 3.11. The topological polar surface area (TPSA) is 27.6 Å². The summed E-state index contributed by atoms with van der Waals surface area (Å²) < 4.78 is 13.8. The molecule has 0 saturated heterocycles. The first-order chi connectivity index (χ1) is 11.2. The highest BCUT2D eigenvalue weighted by molar-refractivity contribution is 14.0. The van der Waals surface area contributed by atoms with Gasteiger partial charge in [-0.1, -0.05) is 24.3 Å². The third-order valence-electron chi connectivity index (χ3n) is 4.26. The molecule has 3 nitrogen and oxygen atoms in total. The first-order valence-corrected chi connectivity index (χ1v) is 8.78. The monoisotopic (exact) mass is 459 g/mol. The third-order valence-corrected chi connectivity index (χ3v) is 5.19. The second-order valence-electron chi connectivity index (χ2n) is 5.91. The molecule has 1 aromatic carbocycles. The van der Waals surface area contributed by atoms with Crippen LogP contribution in [-0.2, 0) is 6.42 Å². The zero-order valence-electron chi connectivity index (χ0n) is 13.9. The van der Waals surface area contributed by atoms with Crippen molar-refractivity contribution in [1.82, 2.24) is 10.2 Å². The lowest BCUT2D eigenvalue weighted by molar-refractivity contribution is 0.485. The van der Waals surface area contributed by atoms with Gasteiger partial charge in [-0.15, -0.1) is 35.3 Å². The van der Waals surface area contributed by atoms with Crippen LogP contribution >= 0.6 is 35.3 Å². The maximum Gasteiger partial charge on any atom is 0.193 e. The second kappa shape index (κ2) is 8.80. The largest absolute Gasteiger partial charge is 0.353 e. The summed E-state index contributed by atoms with van der Waals surface area (Å²) in [6.07, 6.45) is 1.97. The van der Waals surface area contributed by atoms with Gasteiger partial charge in [0.2, 0.25) is 0 Å². The molecule has 0 spiro atoms. The van der Waals surface area contributed by atoms with Gasteiger partial charge in [-0.2, -0.15) is 0 Å². The van der Waals surface area contributed by atoms with Crippen molar-refractivity contribution in [2.75, 3.05) is 20.6 Å². The number of rotatable bonds is 5. The van der Waals surface area contributed by atoms with Crippen molar-refractivity contribution in [1.29, 1.82) is 0 Å². The summed E-state index contributed by atoms with van der Waals surface area (Å²) in [5.41, 5.74) is 0.807. The third kappa shape index (κ3) is 4.69. The first-order valence-electron chi connectivity index (χ1n) is 7.90. The molecule has 1 saturated carbocycles. The number of hydrogen-bond donors (Lipinski definition) is 1. The van der Waals surface area contributed by atoms with Gasteiger partial charge in [-0.05, 0) is 35.9 Å². The molecule has 0 amide bonds. The number of halogens is 2. The van der Waals surface area contributed by atoms with Gasteiger partial charge in [0, 0.05) is 37.5 Å². The highest BCUT2D eigenvalue weighted by atomic mass is 127. The SMILES string of the molecule is CN=C(NC1CC1c1ccccc1F)N(C)CCc1cccs1.I. The fourth-order valence-corrected chi connectivity index (χ4v) is 3.52. The number of aliphatic imine (C=N–C) groups is 1. The average molecular weight is 459 g/mol. The van der Waals surface area contributed by atoms with Gasteiger partial charge >= 0.3 is 0 Å². The van der Waals surface area contributed by atoms with Crippen molar-refractivity contribution < 1.29 is 4.39 Å². The molecule has 0 bridgehead atoms. The summed E-state index contributed by atoms with van der Waals surface area (Å²) in [7, 11) is 3.84. The van der Waals surface area contributed by atoms with Crippen molar-refractivity contribution in [2.45, 2.75) is 24.8 Å². The predicted octanol–water partition coefficient (Wildman–Crippen LogP) is 4.11. The highest BCUT2D eigenvalue weighted by Crippen LogP contribution is 2.41. The van der Waals surface area contributed by atoms with Crippen LogP contribution in [0.1, 0.15) is 22.8 Å². The maximum absolute atomic E-state index is 13.8. The van der Waals surface area contributed by atoms with Crippen LogP contribution in [0.25, 0.3) is 0 Å². The normalized spacial score (nSPS) is 19.5. The summed E-state index contributed by atoms with van der Waals surface area (Å²) in [5, 5.41) is 5.56. The van der Waals surface area contributed by atoms with Gasteiger partial charge in [0.25, 0.3) is 0 Å². The Morgan fingerprint density at radius 1 is 1.33 bits per heavy atom. The minimum Gasteiger partial charge on any atom is -0.353 e. The Morgan fingerprint density at radius 2 is 2.12 bits per heavy atom. The van der Waals surface area contributed by atoms with Crippen LogP contribution < -0.4 is 5.32 Å². The Bertz CT molecular complexity index is 675. The van der Waals surface area contributed by atoms with Crippen LogP contribution in [0.15, 0.2) is 46.8 Å². The van der Waals surface area contributed by atoms with Gasteiger partial charge < -0.3 is 10.2 Å². The Hall–Kier alpha value is -1.15. The molecule has 2 aromatic rings. The zero-order valence-corrected chi connectivity index (χ0v) is 17.1. The quantitative estimate of drug-likeness (QED) is 0.414. The van der Waals surface area contributed by atoms with Crippen molar-refractivity contribution in [2.24, 2.45) is 4.99 Å². The van der Waals surface area contributed by atoms with E-state index >= 15 is 0 Å². The molecule has 2 unspecified atom stereocenters. The molecule has 1 heterocycles. The Balaban J connectivity index is 0.00000208. The van der Waals surface area contributed by atoms with Gasteiger partial charge in [0.15, 0.2) is 5.96 Å². The van der Waals surface area contributed by atoms with Crippen molar-refractivity contribution in [3.05, 3.63) is 58.0 Å². The van der Waals surface area contributed by atoms with Gasteiger partial charge in [0.05, 0.1) is 0 Å². The van der Waals surface area contributed by atoms with E-state index in [1.165, 1.54) is 10.9 Å². The van der Waals surface area contributed by atoms with Crippen molar-refractivity contribution in [3.8, 4) is 0 Å². The van der Waals surface area contributed by atoms with E-state index in [0.717, 1.165) is 30.9 Å². The predicted molar refractivity (Wildman–Crippen MR) is 110 cm³/mol. The highest BCUT2D eigenvalue weighted by Gasteiger charge is 2.40. The fraction of sp³-hybridized carbons (Fsp3) is 0.389. The van der Waals surface area contributed by atoms with E-state index in [2.05, 4.69) is 32.7 Å². The summed E-state index contributed by atoms with van der Waals surface area (Å²) >= 11 is 1.78. The molecule has 3 rings (SSSR count). The molecule has 24 heavy (non-hydrogen) atoms. The van der Waals surface area contributed by atoms with Crippen LogP contribution in [0.3, 0.4) is 0 Å². The molecule has 1 aliphatic rings. The van der Waals surface area contributed by atoms with Crippen LogP contribution in [0, 0.1) is 5.82 Å². The molecule has 1 aliphatic carbocycles. The Kier molecular flexibility index (Phi) is 7.03. The molecule has 0 radical (unpaired) electrons. The van der Waals surface area contributed by atoms with E-state index in [0.29, 0.717) is 0 Å². The van der Waals surface area contributed by atoms with E-state index < -0.39 is 0 Å². The van der Waals surface area contributed by atoms with E-state index in [-0.39, 0.29) is 41.8 Å². The van der Waals surface area contributed by atoms with E-state index in [4.69, 9.17) is 0 Å². The standard InChI is InChI=1S/C18H22FN3S.HI/c1-20-18(22(2)10-9-13-6-5-11-23-13)21-17-12-15(17)14-7-3-4-8-16(14)19;/h3-8,11,15,17H,9-10,12H2,1-2H3,(H,20,21);1H. The summed E-state index contributed by atoms with van der Waals surface area (Å²) in [5.74, 6) is 1.02. The first kappa shape index (κ1) is 19.2. The van der Waals surface area contributed by atoms with Crippen LogP contribution in [-0.4, -0.2) is 37.5 Å². The molecule has 1 aromatic heterocycles. The summed E-state index contributed by atoms with van der Waals surface area (Å²) in [4.78, 5) is 7.87. The van der Waals surface area contributed by atoms with Crippen LogP contribution in [0.5, 0.6) is 0 Å². The van der Waals surface area contributed by atoms with Gasteiger partial charge in [-0.3, -0.25) is 4.99 Å². The maximum atomic E-state index is 13.8. The number of nitrogens with zero attached hydrogens (tertiary/aromatic N) is 2. The number of guanidine groups is 1. The Morgan fingerprint density at radius 3 is 2.79 bits per heavy atom. The number of nitrogens with one attached hydrogen (secondary N) is 1. The smallest absolute Gasteiger partial charge is 0.193 e. The molecule has 130 valence electrons. The lowest BCUT2D eigenvalue weighted by Gasteiger charge is -2.22. The summed E-state index contributed by atoms with van der Waals surface area (Å²) in [6, 6.07) is 11.6. The molecule has 2 atom stereocenters. The van der Waals surface area contributed by atoms with Crippen molar-refractivity contribution >= 4 is 41.3 Å². The second-order valence-corrected chi connectivity index (χ2v) is 6.94. The molecular formula is C18H23FIN3S. The van der Waals surface area contributed by atoms with E-state index in [1.54, 1.807) is 24.5 Å². The Labute approximate surface area is 164 Å². The van der Waals surface area contributed by atoms with Crippen molar-refractivity contribution in [3.63, 3.8) is 0 Å². The number of hydrogen-bond acceptors (Lipinski definition) is 2. The minimum absolute atomic E-state index is 0. The molecule has 1 N–H and O–H groups in total. The molecular weight excluding hydrogens is 436 g/mol. The fourth-order valence-electron chi connectivity index (χ4n) is 2.82. The van der Waals surface area contributed by atoms with Crippen LogP contribution in [0.2, 0.25) is 0 Å². The number of likely N-dealkylation sites (N-methyl/N-ethyl adjacent to an activating group) is 1. The molecule has 0 aliphatic heterocycles.